The topological polar surface area (TPSA) is 106 Å². The molecular weight excluding hydrogens is 500 g/mol. The third-order valence-corrected chi connectivity index (χ3v) is 8.12. The zero-order valence-electron chi connectivity index (χ0n) is 22.8. The van der Waals surface area contributed by atoms with E-state index >= 15 is 0 Å². The second-order valence-electron chi connectivity index (χ2n) is 10.4. The third-order valence-electron chi connectivity index (χ3n) is 8.12. The Labute approximate surface area is 230 Å². The largest absolute Gasteiger partial charge is 0.497 e. The Morgan fingerprint density at radius 2 is 1.95 bits per heavy atom. The molecule has 3 aliphatic heterocycles. The molecule has 0 aliphatic carbocycles. The summed E-state index contributed by atoms with van der Waals surface area (Å²) in [7, 11) is 1.58. The van der Waals surface area contributed by atoms with Crippen molar-refractivity contribution in [2.45, 2.75) is 62.7 Å². The van der Waals surface area contributed by atoms with Crippen LogP contribution in [0.1, 0.15) is 44.9 Å². The van der Waals surface area contributed by atoms with Crippen LogP contribution in [0.2, 0.25) is 0 Å². The molecule has 1 aromatic rings. The predicted octanol–water partition coefficient (Wildman–Crippen LogP) is 3.26. The molecule has 2 bridgehead atoms. The molecule has 1 spiro atoms. The van der Waals surface area contributed by atoms with Crippen LogP contribution in [-0.4, -0.2) is 79.0 Å². The number of hydrogen-bond acceptors (Lipinski definition) is 7. The minimum absolute atomic E-state index is 0.0675. The van der Waals surface area contributed by atoms with Gasteiger partial charge < -0.3 is 29.1 Å². The van der Waals surface area contributed by atoms with Gasteiger partial charge in [0.2, 0.25) is 5.91 Å². The maximum absolute atomic E-state index is 14.4. The second kappa shape index (κ2) is 12.8. The van der Waals surface area contributed by atoms with E-state index in [9.17, 15) is 19.5 Å². The number of unbranched alkanes of at least 4 members (excludes halogenated alkanes) is 3. The van der Waals surface area contributed by atoms with Crippen LogP contribution >= 0.6 is 0 Å². The Balaban J connectivity index is 1.66. The quantitative estimate of drug-likeness (QED) is 0.207. The average molecular weight is 541 g/mol. The standard InChI is InChI=1S/C30H40N2O7/c1-4-6-10-20-38-29(36)24-23-15-16-30(39-23)25(24)27(34)32(18-8-7-9-19-33)26(30)28(35)31(17-5-2)21-11-13-22(37-3)14-12-21/h4-5,11-14,23-26,33H,1-2,6-10,15-20H2,3H3/t23-,24+,25-,26?,30?/m0/s1. The highest BCUT2D eigenvalue weighted by atomic mass is 16.6. The first kappa shape index (κ1) is 28.8. The van der Waals surface area contributed by atoms with Crippen LogP contribution in [0, 0.1) is 11.8 Å². The molecule has 0 saturated carbocycles. The van der Waals surface area contributed by atoms with Crippen molar-refractivity contribution in [3.63, 3.8) is 0 Å². The Hall–Kier alpha value is -3.17. The molecule has 212 valence electrons. The number of likely N-dealkylation sites (tertiary alicyclic amines) is 1. The lowest BCUT2D eigenvalue weighted by atomic mass is 9.70. The van der Waals surface area contributed by atoms with Crippen LogP contribution in [0.3, 0.4) is 0 Å². The summed E-state index contributed by atoms with van der Waals surface area (Å²) in [6.45, 7) is 8.43. The first-order valence-corrected chi connectivity index (χ1v) is 13.9. The van der Waals surface area contributed by atoms with Crippen molar-refractivity contribution >= 4 is 23.5 Å². The molecule has 2 amide bonds. The number of allylic oxidation sites excluding steroid dienone is 1. The van der Waals surface area contributed by atoms with E-state index in [4.69, 9.17) is 14.2 Å². The second-order valence-corrected chi connectivity index (χ2v) is 10.4. The van der Waals surface area contributed by atoms with Crippen molar-refractivity contribution in [3.8, 4) is 5.75 Å². The Morgan fingerprint density at radius 3 is 2.62 bits per heavy atom. The van der Waals surface area contributed by atoms with E-state index in [1.807, 2.05) is 0 Å². The van der Waals surface area contributed by atoms with E-state index in [-0.39, 0.29) is 31.6 Å². The maximum Gasteiger partial charge on any atom is 0.312 e. The number of aliphatic hydroxyl groups is 1. The van der Waals surface area contributed by atoms with Gasteiger partial charge in [-0.25, -0.2) is 0 Å². The highest BCUT2D eigenvalue weighted by Crippen LogP contribution is 2.59. The number of fused-ring (bicyclic) bond motifs is 1. The molecule has 4 rings (SSSR count). The van der Waals surface area contributed by atoms with Crippen molar-refractivity contribution in [1.82, 2.24) is 4.90 Å². The minimum Gasteiger partial charge on any atom is -0.497 e. The number of carbonyl (C=O) groups is 3. The SMILES string of the molecule is C=CCCCOC(=O)[C@@H]1[C@@H]2CCC3(O2)C(C(=O)N(CC=C)c2ccc(OC)cc2)N(CCCCCO)C(=O)[C@H]13. The molecule has 3 heterocycles. The molecule has 1 aromatic carbocycles. The lowest BCUT2D eigenvalue weighted by Crippen LogP contribution is -2.56. The number of carbonyl (C=O) groups excluding carboxylic acids is 3. The molecule has 3 aliphatic rings. The van der Waals surface area contributed by atoms with Gasteiger partial charge in [0.05, 0.1) is 31.7 Å². The van der Waals surface area contributed by atoms with E-state index in [1.165, 1.54) is 0 Å². The summed E-state index contributed by atoms with van der Waals surface area (Å²) in [6.07, 6.45) is 7.41. The van der Waals surface area contributed by atoms with Gasteiger partial charge in [0.15, 0.2) is 0 Å². The summed E-state index contributed by atoms with van der Waals surface area (Å²) >= 11 is 0. The van der Waals surface area contributed by atoms with Crippen molar-refractivity contribution in [3.05, 3.63) is 49.6 Å². The van der Waals surface area contributed by atoms with Gasteiger partial charge in [-0.3, -0.25) is 14.4 Å². The number of rotatable bonds is 15. The van der Waals surface area contributed by atoms with Crippen LogP contribution in [0.5, 0.6) is 5.75 Å². The first-order valence-electron chi connectivity index (χ1n) is 13.9. The Bertz CT molecular complexity index is 1060. The first-order chi connectivity index (χ1) is 18.9. The molecule has 9 nitrogen and oxygen atoms in total. The van der Waals surface area contributed by atoms with Crippen LogP contribution in [0.15, 0.2) is 49.6 Å². The molecule has 5 atom stereocenters. The van der Waals surface area contributed by atoms with Gasteiger partial charge in [0.25, 0.3) is 5.91 Å². The van der Waals surface area contributed by atoms with Crippen LogP contribution in [-0.2, 0) is 23.9 Å². The zero-order valence-corrected chi connectivity index (χ0v) is 22.8. The van der Waals surface area contributed by atoms with E-state index in [0.717, 1.165) is 6.42 Å². The summed E-state index contributed by atoms with van der Waals surface area (Å²) in [4.78, 5) is 44.9. The summed E-state index contributed by atoms with van der Waals surface area (Å²) in [5, 5.41) is 9.23. The van der Waals surface area contributed by atoms with Crippen molar-refractivity contribution in [1.29, 1.82) is 0 Å². The lowest BCUT2D eigenvalue weighted by molar-refractivity contribution is -0.155. The van der Waals surface area contributed by atoms with Crippen molar-refractivity contribution in [2.24, 2.45) is 11.8 Å². The fourth-order valence-electron chi connectivity index (χ4n) is 6.37. The molecule has 39 heavy (non-hydrogen) atoms. The number of hydrogen-bond donors (Lipinski definition) is 1. The number of esters is 1. The molecule has 9 heteroatoms. The maximum atomic E-state index is 14.4. The predicted molar refractivity (Wildman–Crippen MR) is 146 cm³/mol. The van der Waals surface area contributed by atoms with Gasteiger partial charge >= 0.3 is 5.97 Å². The van der Waals surface area contributed by atoms with Crippen LogP contribution in [0.4, 0.5) is 5.69 Å². The van der Waals surface area contributed by atoms with Gasteiger partial charge in [-0.15, -0.1) is 13.2 Å². The van der Waals surface area contributed by atoms with Gasteiger partial charge in [0, 0.05) is 25.4 Å². The molecule has 0 radical (unpaired) electrons. The average Bonchev–Trinajstić information content (AvgIpc) is 3.59. The Kier molecular flexibility index (Phi) is 9.45. The number of ether oxygens (including phenoxy) is 3. The van der Waals surface area contributed by atoms with Gasteiger partial charge in [0.1, 0.15) is 17.4 Å². The monoisotopic (exact) mass is 540 g/mol. The Morgan fingerprint density at radius 1 is 1.18 bits per heavy atom. The lowest BCUT2D eigenvalue weighted by Gasteiger charge is -2.36. The fraction of sp³-hybridized carbons (Fsp3) is 0.567. The molecule has 3 saturated heterocycles. The van der Waals surface area contributed by atoms with E-state index < -0.39 is 35.6 Å². The van der Waals surface area contributed by atoms with E-state index in [1.54, 1.807) is 53.3 Å². The smallest absolute Gasteiger partial charge is 0.312 e. The van der Waals surface area contributed by atoms with Gasteiger partial charge in [-0.1, -0.05) is 12.2 Å². The molecular formula is C30H40N2O7. The summed E-state index contributed by atoms with van der Waals surface area (Å²) in [5.74, 6) is -1.77. The highest BCUT2D eigenvalue weighted by Gasteiger charge is 2.75. The van der Waals surface area contributed by atoms with Crippen molar-refractivity contribution < 1.29 is 33.7 Å². The van der Waals surface area contributed by atoms with Crippen LogP contribution in [0.25, 0.3) is 0 Å². The normalized spacial score (nSPS) is 26.8. The van der Waals surface area contributed by atoms with Gasteiger partial charge in [-0.2, -0.15) is 0 Å². The number of aliphatic hydroxyl groups excluding tert-OH is 1. The number of anilines is 1. The minimum atomic E-state index is -1.09. The fourth-order valence-corrected chi connectivity index (χ4v) is 6.37. The summed E-state index contributed by atoms with van der Waals surface area (Å²) < 4.78 is 17.3. The molecule has 3 fully saturated rings. The van der Waals surface area contributed by atoms with E-state index in [0.29, 0.717) is 56.5 Å². The zero-order chi connectivity index (χ0) is 28.0. The van der Waals surface area contributed by atoms with Gasteiger partial charge in [-0.05, 0) is 69.2 Å². The number of nitrogens with zero attached hydrogens (tertiary/aromatic N) is 2. The molecule has 1 N–H and O–H groups in total. The highest BCUT2D eigenvalue weighted by molar-refractivity contribution is 6.04. The van der Waals surface area contributed by atoms with E-state index in [2.05, 4.69) is 13.2 Å². The molecule has 0 aromatic heterocycles. The van der Waals surface area contributed by atoms with Crippen LogP contribution < -0.4 is 9.64 Å². The third kappa shape index (κ3) is 5.47. The van der Waals surface area contributed by atoms with Crippen molar-refractivity contribution in [2.75, 3.05) is 38.3 Å². The number of benzene rings is 1. The summed E-state index contributed by atoms with van der Waals surface area (Å²) in [6, 6.07) is 6.28. The molecule has 2 unspecified atom stereocenters. The summed E-state index contributed by atoms with van der Waals surface area (Å²) in [5.41, 5.74) is -0.439. The number of methoxy groups -OCH3 is 1. The number of amides is 2.